The zero-order valence-corrected chi connectivity index (χ0v) is 42.9. The van der Waals surface area contributed by atoms with Crippen LogP contribution in [0.5, 0.6) is 0 Å². The first-order valence-corrected chi connectivity index (χ1v) is 23.0. The van der Waals surface area contributed by atoms with E-state index in [2.05, 4.69) is 165 Å². The van der Waals surface area contributed by atoms with Crippen LogP contribution in [0.3, 0.4) is 0 Å². The van der Waals surface area contributed by atoms with E-state index in [1.54, 1.807) is 27.6 Å². The first-order chi connectivity index (χ1) is 29.2. The average Bonchev–Trinajstić information content (AvgIpc) is 4.08. The Balaban J connectivity index is 0.000000356. The van der Waals surface area contributed by atoms with Crippen LogP contribution in [-0.2, 0) is 24.7 Å². The molecule has 8 aromatic rings. The first kappa shape index (κ1) is 56.1. The van der Waals surface area contributed by atoms with E-state index in [1.165, 1.54) is 6.42 Å². The van der Waals surface area contributed by atoms with Gasteiger partial charge in [-0.1, -0.05) is 146 Å². The van der Waals surface area contributed by atoms with Crippen LogP contribution in [0.1, 0.15) is 88.4 Å². The maximum Gasteiger partial charge on any atom is 1.00 e. The summed E-state index contributed by atoms with van der Waals surface area (Å²) < 4.78 is 24.1. The maximum atomic E-state index is 12.0. The van der Waals surface area contributed by atoms with Gasteiger partial charge in [0.15, 0.2) is 5.65 Å². The predicted octanol–water partition coefficient (Wildman–Crippen LogP) is 5.84. The van der Waals surface area contributed by atoms with E-state index in [1.807, 2.05) is 83.4 Å². The minimum atomic E-state index is -0.750. The van der Waals surface area contributed by atoms with Crippen molar-refractivity contribution in [3.8, 4) is 11.4 Å². The Bertz CT molecular complexity index is 2730. The SMILES string of the molecule is C.CC(C)c1cnn2c(NCc3ccccc3-n3cccn3)nc(=O)[nH]c12.CCC(I)(I)I.Cc1nc(NCc2ccccc2-n2cccn2)n2ncc(C(C)C)c2n1.O=S=O.[Li+].[OH-]. The van der Waals surface area contributed by atoms with Gasteiger partial charge in [0.1, 0.15) is 10.9 Å². The van der Waals surface area contributed by atoms with Crippen LogP contribution in [0, 0.1) is 6.92 Å². The van der Waals surface area contributed by atoms with Gasteiger partial charge in [-0.05, 0) is 60.6 Å². The van der Waals surface area contributed by atoms with Gasteiger partial charge in [-0.3, -0.25) is 4.98 Å². The number of halogens is 3. The second-order valence-corrected chi connectivity index (χ2v) is 25.7. The second kappa shape index (κ2) is 26.8. The fourth-order valence-corrected chi connectivity index (χ4v) is 5.92. The van der Waals surface area contributed by atoms with Gasteiger partial charge in [0, 0.05) is 49.0 Å². The van der Waals surface area contributed by atoms with Crippen molar-refractivity contribution in [3.05, 3.63) is 136 Å². The van der Waals surface area contributed by atoms with Crippen molar-refractivity contribution in [2.45, 2.75) is 79.8 Å². The van der Waals surface area contributed by atoms with E-state index in [0.717, 1.165) is 45.1 Å². The third kappa shape index (κ3) is 15.3. The molecule has 0 aliphatic carbocycles. The monoisotopic (exact) mass is 1220 g/mol. The van der Waals surface area contributed by atoms with Crippen molar-refractivity contribution in [1.82, 2.24) is 58.7 Å². The molecule has 336 valence electrons. The van der Waals surface area contributed by atoms with Gasteiger partial charge in [0.25, 0.3) is 0 Å². The molecule has 0 atom stereocenters. The normalized spacial score (nSPS) is 10.5. The van der Waals surface area contributed by atoms with Crippen LogP contribution in [0.2, 0.25) is 0 Å². The summed E-state index contributed by atoms with van der Waals surface area (Å²) in [6, 6.07) is 19.9. The minimum absolute atomic E-state index is 0. The predicted molar refractivity (Wildman–Crippen MR) is 272 cm³/mol. The number of anilines is 2. The van der Waals surface area contributed by atoms with Gasteiger partial charge in [-0.15, -0.1) is 0 Å². The summed E-state index contributed by atoms with van der Waals surface area (Å²) in [5, 5.41) is 24.1. The fraction of sp³-hybridized carbons (Fsp3) is 0.317. The summed E-state index contributed by atoms with van der Waals surface area (Å²) >= 11 is 6.49. The quantitative estimate of drug-likeness (QED) is 0.0787. The number of benzene rings is 2. The number of H-pyrrole nitrogens is 1. The van der Waals surface area contributed by atoms with Crippen molar-refractivity contribution in [2.75, 3.05) is 10.6 Å². The molecule has 0 saturated carbocycles. The van der Waals surface area contributed by atoms with Crippen LogP contribution in [0.15, 0.2) is 103 Å². The summed E-state index contributed by atoms with van der Waals surface area (Å²) in [6.45, 7) is 13.6. The molecule has 0 radical (unpaired) electrons. The number of rotatable bonds is 11. The van der Waals surface area contributed by atoms with E-state index >= 15 is 0 Å². The molecule has 64 heavy (non-hydrogen) atoms. The molecule has 0 fully saturated rings. The smallest absolute Gasteiger partial charge is 0.870 e. The number of para-hydroxylation sites is 2. The number of alkyl halides is 3. The third-order valence-corrected chi connectivity index (χ3v) is 11.2. The molecule has 0 aliphatic rings. The number of fused-ring (bicyclic) bond motifs is 2. The standard InChI is InChI=1S/C19H21N7.C18H19N7O.C3H5I3.CH4.Li.O2S.H2O/c1-13(2)16-12-22-26-18(16)23-14(3)24-19(26)20-11-15-7-4-5-8-17(15)25-10-6-9-21-25;1-12(2)14-11-21-25-16(14)22-18(26)23-17(25)19-10-13-6-3-4-7-15(13)24-9-5-8-20-24;1-2-3(4,5)6;;;1-3-2;/h4-10,12-13H,11H2,1-3H3,(H,20,23,24);3-9,11-12H,10H2,1-2H3,(H2,19,22,23,26);2H2,1H3;1H4;;;1H2/q;;;;+1;;/p-1. The summed E-state index contributed by atoms with van der Waals surface area (Å²) in [7, 11) is 0. The van der Waals surface area contributed by atoms with Crippen LogP contribution in [-0.4, -0.2) is 72.1 Å². The molecule has 0 amide bonds. The van der Waals surface area contributed by atoms with E-state index < -0.39 is 17.3 Å². The van der Waals surface area contributed by atoms with Crippen LogP contribution < -0.4 is 35.2 Å². The topological polar surface area (TPSA) is 230 Å². The zero-order chi connectivity index (χ0) is 44.1. The van der Waals surface area contributed by atoms with Crippen LogP contribution >= 0.6 is 67.8 Å². The molecular formula is C41H50I3LiN14O4S. The number of nitrogens with zero attached hydrogens (tertiary/aromatic N) is 11. The molecule has 0 spiro atoms. The molecule has 8 rings (SSSR count). The number of nitrogens with one attached hydrogen (secondary N) is 3. The van der Waals surface area contributed by atoms with E-state index in [4.69, 9.17) is 8.42 Å². The molecule has 0 saturated heterocycles. The molecule has 6 heterocycles. The third-order valence-electron chi connectivity index (χ3n) is 8.94. The summed E-state index contributed by atoms with van der Waals surface area (Å²) in [5.74, 6) is 2.43. The number of hydrogen-bond donors (Lipinski definition) is 3. The largest absolute Gasteiger partial charge is 1.00 e. The Hall–Kier alpha value is -4.07. The van der Waals surface area contributed by atoms with Gasteiger partial charge < -0.3 is 16.1 Å². The van der Waals surface area contributed by atoms with E-state index in [9.17, 15) is 4.79 Å². The summed E-state index contributed by atoms with van der Waals surface area (Å²) in [6.07, 6.45) is 12.2. The number of hydrogen-bond acceptors (Lipinski definition) is 13. The Kier molecular flexibility index (Phi) is 23.5. The fourth-order valence-electron chi connectivity index (χ4n) is 5.92. The average molecular weight is 1220 g/mol. The molecule has 4 N–H and O–H groups in total. The molecule has 2 aromatic carbocycles. The number of aromatic amines is 1. The number of aromatic nitrogens is 12. The molecule has 23 heteroatoms. The minimum Gasteiger partial charge on any atom is -0.870 e. The Morgan fingerprint density at radius 2 is 1.17 bits per heavy atom. The van der Waals surface area contributed by atoms with Gasteiger partial charge in [-0.25, -0.2) is 19.1 Å². The van der Waals surface area contributed by atoms with Crippen molar-refractivity contribution < 1.29 is 32.8 Å². The van der Waals surface area contributed by atoms with Crippen molar-refractivity contribution >= 4 is 103 Å². The zero-order valence-electron chi connectivity index (χ0n) is 35.6. The van der Waals surface area contributed by atoms with Crippen molar-refractivity contribution in [2.24, 2.45) is 0 Å². The number of aryl methyl sites for hydroxylation is 1. The summed E-state index contributed by atoms with van der Waals surface area (Å²) in [4.78, 5) is 27.9. The van der Waals surface area contributed by atoms with Gasteiger partial charge in [0.05, 0.1) is 23.8 Å². The Morgan fingerprint density at radius 3 is 1.62 bits per heavy atom. The molecule has 0 bridgehead atoms. The first-order valence-electron chi connectivity index (χ1n) is 19.1. The van der Waals surface area contributed by atoms with E-state index in [0.29, 0.717) is 36.0 Å². The van der Waals surface area contributed by atoms with Crippen molar-refractivity contribution in [3.63, 3.8) is 0 Å². The Labute approximate surface area is 428 Å². The van der Waals surface area contributed by atoms with Crippen molar-refractivity contribution in [1.29, 1.82) is 0 Å². The Morgan fingerprint density at radius 1 is 0.719 bits per heavy atom. The van der Waals surface area contributed by atoms with Gasteiger partial charge >= 0.3 is 36.1 Å². The molecular weight excluding hydrogens is 1170 g/mol. The molecule has 18 nitrogen and oxygen atoms in total. The van der Waals surface area contributed by atoms with Gasteiger partial charge in [0.2, 0.25) is 11.9 Å². The molecule has 0 unspecified atom stereocenters. The van der Waals surface area contributed by atoms with Gasteiger partial charge in [-0.2, -0.15) is 47.8 Å². The molecule has 6 aromatic heterocycles. The second-order valence-electron chi connectivity index (χ2n) is 13.9. The van der Waals surface area contributed by atoms with Crippen LogP contribution in [0.4, 0.5) is 11.9 Å². The maximum absolute atomic E-state index is 12.0. The molecule has 0 aliphatic heterocycles. The van der Waals surface area contributed by atoms with Crippen LogP contribution in [0.25, 0.3) is 22.7 Å². The van der Waals surface area contributed by atoms with E-state index in [-0.39, 0.29) is 37.7 Å². The summed E-state index contributed by atoms with van der Waals surface area (Å²) in [5.41, 5.74) is 7.38.